The Morgan fingerprint density at radius 1 is 1.67 bits per heavy atom. The quantitative estimate of drug-likeness (QED) is 0.570. The van der Waals surface area contributed by atoms with E-state index in [0.29, 0.717) is 0 Å². The fraction of sp³-hybridized carbons (Fsp3) is 0.500. The van der Waals surface area contributed by atoms with E-state index in [1.807, 2.05) is 12.2 Å². The zero-order valence-electron chi connectivity index (χ0n) is 5.93. The molecule has 0 saturated carbocycles. The van der Waals surface area contributed by atoms with Crippen molar-refractivity contribution in [1.82, 2.24) is 0 Å². The van der Waals surface area contributed by atoms with Crippen molar-refractivity contribution in [2.24, 2.45) is 0 Å². The van der Waals surface area contributed by atoms with E-state index in [1.165, 1.54) is 5.57 Å². The topological polar surface area (TPSA) is 20.2 Å². The summed E-state index contributed by atoms with van der Waals surface area (Å²) in [5.41, 5.74) is 1.26. The van der Waals surface area contributed by atoms with E-state index in [0.717, 1.165) is 12.8 Å². The Morgan fingerprint density at radius 3 is 2.67 bits per heavy atom. The van der Waals surface area contributed by atoms with Crippen LogP contribution in [-0.4, -0.2) is 11.7 Å². The van der Waals surface area contributed by atoms with Crippen molar-refractivity contribution in [2.45, 2.75) is 19.8 Å². The van der Waals surface area contributed by atoms with Gasteiger partial charge in [0.2, 0.25) is 0 Å². The predicted octanol–water partition coefficient (Wildman–Crippen LogP) is 1.89. The summed E-state index contributed by atoms with van der Waals surface area (Å²) < 4.78 is 0. The Bertz CT molecular complexity index is 103. The van der Waals surface area contributed by atoms with Gasteiger partial charge in [-0.05, 0) is 12.8 Å². The first-order valence-electron chi connectivity index (χ1n) is 3.24. The van der Waals surface area contributed by atoms with Gasteiger partial charge < -0.3 is 5.11 Å². The van der Waals surface area contributed by atoms with Crippen molar-refractivity contribution in [2.75, 3.05) is 6.61 Å². The molecule has 0 aliphatic carbocycles. The van der Waals surface area contributed by atoms with Crippen LogP contribution in [-0.2, 0) is 0 Å². The lowest BCUT2D eigenvalue weighted by molar-refractivity contribution is 0.341. The molecular weight excluding hydrogens is 112 g/mol. The first-order chi connectivity index (χ1) is 4.35. The van der Waals surface area contributed by atoms with E-state index in [-0.39, 0.29) is 6.61 Å². The van der Waals surface area contributed by atoms with Gasteiger partial charge in [0, 0.05) is 0 Å². The number of hydrogen-bond donors (Lipinski definition) is 1. The fourth-order valence-corrected chi connectivity index (χ4v) is 0.687. The highest BCUT2D eigenvalue weighted by Crippen LogP contribution is 2.04. The minimum atomic E-state index is 0.150. The van der Waals surface area contributed by atoms with Crippen molar-refractivity contribution in [3.8, 4) is 0 Å². The summed E-state index contributed by atoms with van der Waals surface area (Å²) in [4.78, 5) is 0. The molecule has 0 saturated heterocycles. The van der Waals surface area contributed by atoms with Gasteiger partial charge in [0.15, 0.2) is 0 Å². The minimum absolute atomic E-state index is 0.150. The monoisotopic (exact) mass is 126 g/mol. The third kappa shape index (κ3) is 3.98. The second-order valence-electron chi connectivity index (χ2n) is 1.89. The van der Waals surface area contributed by atoms with Gasteiger partial charge in [-0.2, -0.15) is 0 Å². The predicted molar refractivity (Wildman–Crippen MR) is 40.3 cm³/mol. The van der Waals surface area contributed by atoms with E-state index < -0.39 is 0 Å². The molecule has 52 valence electrons. The van der Waals surface area contributed by atoms with E-state index in [1.54, 1.807) is 0 Å². The van der Waals surface area contributed by atoms with Gasteiger partial charge in [0.05, 0.1) is 6.61 Å². The molecule has 0 aromatic carbocycles. The van der Waals surface area contributed by atoms with E-state index in [9.17, 15) is 0 Å². The number of allylic oxidation sites excluding steroid dienone is 2. The summed E-state index contributed by atoms with van der Waals surface area (Å²) in [5, 5.41) is 8.48. The van der Waals surface area contributed by atoms with E-state index >= 15 is 0 Å². The zero-order valence-corrected chi connectivity index (χ0v) is 5.93. The van der Waals surface area contributed by atoms with Crippen LogP contribution < -0.4 is 0 Å². The van der Waals surface area contributed by atoms with Crippen molar-refractivity contribution in [3.05, 3.63) is 24.3 Å². The molecule has 0 aromatic heterocycles. The summed E-state index contributed by atoms with van der Waals surface area (Å²) >= 11 is 0. The average Bonchev–Trinajstić information content (AvgIpc) is 1.88. The summed E-state index contributed by atoms with van der Waals surface area (Å²) in [7, 11) is 0. The van der Waals surface area contributed by atoms with Crippen LogP contribution in [0.4, 0.5) is 0 Å². The molecule has 0 atom stereocenters. The molecule has 0 unspecified atom stereocenters. The van der Waals surface area contributed by atoms with Gasteiger partial charge in [-0.15, -0.1) is 6.58 Å². The van der Waals surface area contributed by atoms with Gasteiger partial charge in [-0.3, -0.25) is 0 Å². The van der Waals surface area contributed by atoms with Gasteiger partial charge in [-0.1, -0.05) is 24.6 Å². The maximum Gasteiger partial charge on any atom is 0.0615 e. The summed E-state index contributed by atoms with van der Waals surface area (Å²) in [6, 6.07) is 0. The Balaban J connectivity index is 3.65. The zero-order chi connectivity index (χ0) is 7.11. The maximum atomic E-state index is 8.48. The molecule has 0 heterocycles. The third-order valence-electron chi connectivity index (χ3n) is 1.24. The van der Waals surface area contributed by atoms with E-state index in [4.69, 9.17) is 5.11 Å². The fourth-order valence-electron chi connectivity index (χ4n) is 0.687. The number of rotatable bonds is 4. The van der Waals surface area contributed by atoms with Crippen molar-refractivity contribution < 1.29 is 5.11 Å². The molecule has 0 radical (unpaired) electrons. The third-order valence-corrected chi connectivity index (χ3v) is 1.24. The van der Waals surface area contributed by atoms with Crippen LogP contribution >= 0.6 is 0 Å². The standard InChI is InChI=1S/C8H14O/c1-3-5-8(4-2)6-7-9/h3,6,9H,1,4-5,7H2,2H3. The molecule has 0 bridgehead atoms. The molecule has 0 aliphatic rings. The van der Waals surface area contributed by atoms with E-state index in [2.05, 4.69) is 13.5 Å². The Labute approximate surface area is 56.7 Å². The summed E-state index contributed by atoms with van der Waals surface area (Å²) in [6.45, 7) is 5.83. The molecule has 0 spiro atoms. The SMILES string of the molecule is C=CCC(=CCO)CC. The summed E-state index contributed by atoms with van der Waals surface area (Å²) in [6.07, 6.45) is 5.59. The van der Waals surface area contributed by atoms with Gasteiger partial charge in [0.1, 0.15) is 0 Å². The van der Waals surface area contributed by atoms with Crippen LogP contribution in [0.3, 0.4) is 0 Å². The lowest BCUT2D eigenvalue weighted by atomic mass is 10.1. The second kappa shape index (κ2) is 5.57. The van der Waals surface area contributed by atoms with Gasteiger partial charge in [0.25, 0.3) is 0 Å². The van der Waals surface area contributed by atoms with Crippen LogP contribution in [0, 0.1) is 0 Å². The average molecular weight is 126 g/mol. The minimum Gasteiger partial charge on any atom is -0.392 e. The van der Waals surface area contributed by atoms with Gasteiger partial charge in [-0.25, -0.2) is 0 Å². The highest BCUT2D eigenvalue weighted by atomic mass is 16.2. The lowest BCUT2D eigenvalue weighted by Crippen LogP contribution is -1.81. The first kappa shape index (κ1) is 8.44. The van der Waals surface area contributed by atoms with Crippen LogP contribution in [0.5, 0.6) is 0 Å². The van der Waals surface area contributed by atoms with Crippen molar-refractivity contribution in [3.63, 3.8) is 0 Å². The lowest BCUT2D eigenvalue weighted by Gasteiger charge is -1.96. The second-order valence-corrected chi connectivity index (χ2v) is 1.89. The molecule has 0 aromatic rings. The molecule has 1 heteroatoms. The van der Waals surface area contributed by atoms with Crippen molar-refractivity contribution in [1.29, 1.82) is 0 Å². The molecule has 1 N–H and O–H groups in total. The smallest absolute Gasteiger partial charge is 0.0615 e. The summed E-state index contributed by atoms with van der Waals surface area (Å²) in [5.74, 6) is 0. The molecular formula is C8H14O. The van der Waals surface area contributed by atoms with Crippen LogP contribution in [0.15, 0.2) is 24.3 Å². The van der Waals surface area contributed by atoms with Crippen LogP contribution in [0.2, 0.25) is 0 Å². The normalized spacial score (nSPS) is 11.6. The Kier molecular flexibility index (Phi) is 5.23. The number of hydrogen-bond acceptors (Lipinski definition) is 1. The molecule has 0 aliphatic heterocycles. The molecule has 0 fully saturated rings. The Hall–Kier alpha value is -0.560. The molecule has 0 rings (SSSR count). The van der Waals surface area contributed by atoms with Crippen molar-refractivity contribution >= 4 is 0 Å². The van der Waals surface area contributed by atoms with Gasteiger partial charge >= 0.3 is 0 Å². The maximum absolute atomic E-state index is 8.48. The molecule has 1 nitrogen and oxygen atoms in total. The van der Waals surface area contributed by atoms with Crippen LogP contribution in [0.1, 0.15) is 19.8 Å². The Morgan fingerprint density at radius 2 is 2.33 bits per heavy atom. The first-order valence-corrected chi connectivity index (χ1v) is 3.24. The number of aliphatic hydroxyl groups is 1. The molecule has 0 amide bonds. The van der Waals surface area contributed by atoms with Crippen LogP contribution in [0.25, 0.3) is 0 Å². The number of aliphatic hydroxyl groups excluding tert-OH is 1. The molecule has 9 heavy (non-hydrogen) atoms. The highest BCUT2D eigenvalue weighted by Gasteiger charge is 1.86. The largest absolute Gasteiger partial charge is 0.392 e. The highest BCUT2D eigenvalue weighted by molar-refractivity contribution is 5.05.